The fourth-order valence-corrected chi connectivity index (χ4v) is 4.28. The molecule has 0 radical (unpaired) electrons. The Bertz CT molecular complexity index is 261. The zero-order valence-corrected chi connectivity index (χ0v) is 8.08. The van der Waals surface area contributed by atoms with Crippen molar-refractivity contribution in [2.24, 2.45) is 17.3 Å². The van der Waals surface area contributed by atoms with Crippen LogP contribution < -0.4 is 0 Å². The van der Waals surface area contributed by atoms with Crippen LogP contribution in [0.15, 0.2) is 0 Å². The molecule has 2 bridgehead atoms. The molecule has 4 atom stereocenters. The van der Waals surface area contributed by atoms with Gasteiger partial charge in [-0.15, -0.1) is 0 Å². The maximum Gasteiger partial charge on any atom is 0.137 e. The number of ketones is 1. The topological polar surface area (TPSA) is 26.3 Å². The molecule has 0 N–H and O–H groups in total. The predicted molar refractivity (Wildman–Crippen MR) is 48.3 cm³/mol. The number of hydrogen-bond donors (Lipinski definition) is 0. The maximum absolute atomic E-state index is 11.7. The summed E-state index contributed by atoms with van der Waals surface area (Å²) in [5.74, 6) is 1.51. The largest absolute Gasteiger partial charge is 0.381 e. The molecule has 0 aromatic heterocycles. The van der Waals surface area contributed by atoms with Crippen LogP contribution in [0.5, 0.6) is 0 Å². The molecule has 0 amide bonds. The number of carbonyl (C=O) groups excluding carboxylic acids is 1. The molecule has 0 saturated heterocycles. The molecular formula is C11H16O2. The quantitative estimate of drug-likeness (QED) is 0.615. The summed E-state index contributed by atoms with van der Waals surface area (Å²) in [4.78, 5) is 11.7. The van der Waals surface area contributed by atoms with E-state index in [4.69, 9.17) is 4.74 Å². The van der Waals surface area contributed by atoms with E-state index in [0.717, 1.165) is 12.8 Å². The first kappa shape index (κ1) is 7.98. The number of ether oxygens (including phenoxy) is 1. The highest BCUT2D eigenvalue weighted by Gasteiger charge is 2.69. The highest BCUT2D eigenvalue weighted by atomic mass is 16.5. The number of fused-ring (bicyclic) bond motifs is 1. The minimum atomic E-state index is 0.300. The summed E-state index contributed by atoms with van der Waals surface area (Å²) in [5, 5.41) is 0. The molecule has 0 heterocycles. The van der Waals surface area contributed by atoms with E-state index >= 15 is 0 Å². The molecule has 1 spiro atoms. The first-order valence-electron chi connectivity index (χ1n) is 5.35. The summed E-state index contributed by atoms with van der Waals surface area (Å²) in [7, 11) is 1.81. The molecule has 2 nitrogen and oxygen atoms in total. The Hall–Kier alpha value is -0.370. The Morgan fingerprint density at radius 1 is 1.46 bits per heavy atom. The summed E-state index contributed by atoms with van der Waals surface area (Å²) in [6, 6.07) is 0. The van der Waals surface area contributed by atoms with Crippen molar-refractivity contribution in [2.75, 3.05) is 7.11 Å². The molecule has 72 valence electrons. The smallest absolute Gasteiger partial charge is 0.137 e. The van der Waals surface area contributed by atoms with Crippen molar-refractivity contribution in [3.05, 3.63) is 0 Å². The summed E-state index contributed by atoms with van der Waals surface area (Å²) in [6.45, 7) is 0. The second-order valence-corrected chi connectivity index (χ2v) is 4.89. The summed E-state index contributed by atoms with van der Waals surface area (Å²) >= 11 is 0. The van der Waals surface area contributed by atoms with E-state index < -0.39 is 0 Å². The SMILES string of the molecule is CO[C@H]1[C@H]2CC[C@@]13CCCC(=O)[C@H]23. The lowest BCUT2D eigenvalue weighted by Crippen LogP contribution is -2.60. The van der Waals surface area contributed by atoms with Crippen LogP contribution in [-0.4, -0.2) is 19.0 Å². The van der Waals surface area contributed by atoms with Crippen LogP contribution in [0, 0.1) is 17.3 Å². The lowest BCUT2D eigenvalue weighted by atomic mass is 9.51. The van der Waals surface area contributed by atoms with Gasteiger partial charge in [0.25, 0.3) is 0 Å². The number of rotatable bonds is 1. The summed E-state index contributed by atoms with van der Waals surface area (Å²) in [5.41, 5.74) is 0.300. The van der Waals surface area contributed by atoms with Crippen molar-refractivity contribution < 1.29 is 9.53 Å². The van der Waals surface area contributed by atoms with E-state index in [1.807, 2.05) is 0 Å². The van der Waals surface area contributed by atoms with Gasteiger partial charge in [0.2, 0.25) is 0 Å². The van der Waals surface area contributed by atoms with Crippen LogP contribution in [-0.2, 0) is 9.53 Å². The van der Waals surface area contributed by atoms with Gasteiger partial charge >= 0.3 is 0 Å². The monoisotopic (exact) mass is 180 g/mol. The lowest BCUT2D eigenvalue weighted by Gasteiger charge is -2.55. The molecular weight excluding hydrogens is 164 g/mol. The molecule has 0 unspecified atom stereocenters. The number of carbonyl (C=O) groups is 1. The molecule has 4 fully saturated rings. The molecule has 13 heavy (non-hydrogen) atoms. The fourth-order valence-electron chi connectivity index (χ4n) is 4.28. The molecule has 0 aromatic rings. The lowest BCUT2D eigenvalue weighted by molar-refractivity contribution is -0.178. The molecule has 4 aliphatic rings. The highest BCUT2D eigenvalue weighted by molar-refractivity contribution is 5.85. The Balaban J connectivity index is 1.95. The Kier molecular flexibility index (Phi) is 1.44. The average Bonchev–Trinajstić information content (AvgIpc) is 2.61. The predicted octanol–water partition coefficient (Wildman–Crippen LogP) is 1.78. The zero-order valence-electron chi connectivity index (χ0n) is 8.08. The van der Waals surface area contributed by atoms with Crippen molar-refractivity contribution in [1.29, 1.82) is 0 Å². The number of Topliss-reactive ketones (excluding diaryl/α,β-unsaturated/α-hetero) is 1. The van der Waals surface area contributed by atoms with Crippen LogP contribution in [0.25, 0.3) is 0 Å². The van der Waals surface area contributed by atoms with Gasteiger partial charge in [0.1, 0.15) is 5.78 Å². The van der Waals surface area contributed by atoms with E-state index in [9.17, 15) is 4.79 Å². The Morgan fingerprint density at radius 2 is 2.31 bits per heavy atom. The van der Waals surface area contributed by atoms with Gasteiger partial charge in [-0.05, 0) is 31.6 Å². The molecule has 2 heteroatoms. The minimum absolute atomic E-state index is 0.300. The standard InChI is InChI=1S/C11H16O2/c1-13-10-7-4-6-11(10)5-2-3-8(12)9(7)11/h7,9-10H,2-6H2,1H3/t7-,9-,10-,11+/m0/s1. The van der Waals surface area contributed by atoms with Crippen molar-refractivity contribution in [1.82, 2.24) is 0 Å². The average molecular weight is 180 g/mol. The van der Waals surface area contributed by atoms with Crippen molar-refractivity contribution in [2.45, 2.75) is 38.2 Å². The fraction of sp³-hybridized carbons (Fsp3) is 0.909. The van der Waals surface area contributed by atoms with Crippen molar-refractivity contribution in [3.63, 3.8) is 0 Å². The van der Waals surface area contributed by atoms with Gasteiger partial charge in [0, 0.05) is 24.9 Å². The number of hydrogen-bond acceptors (Lipinski definition) is 2. The Labute approximate surface area is 78.6 Å². The zero-order chi connectivity index (χ0) is 9.05. The third-order valence-corrected chi connectivity index (χ3v) is 4.61. The second kappa shape index (κ2) is 2.35. The Morgan fingerprint density at radius 3 is 3.08 bits per heavy atom. The molecule has 4 aliphatic carbocycles. The molecule has 4 rings (SSSR count). The van der Waals surface area contributed by atoms with Gasteiger partial charge in [0.05, 0.1) is 6.10 Å². The van der Waals surface area contributed by atoms with Crippen LogP contribution in [0.4, 0.5) is 0 Å². The van der Waals surface area contributed by atoms with E-state index in [1.54, 1.807) is 7.11 Å². The third kappa shape index (κ3) is 0.723. The van der Waals surface area contributed by atoms with E-state index in [2.05, 4.69) is 0 Å². The minimum Gasteiger partial charge on any atom is -0.381 e. The summed E-state index contributed by atoms with van der Waals surface area (Å²) in [6.07, 6.45) is 6.06. The molecule has 4 saturated carbocycles. The highest BCUT2D eigenvalue weighted by Crippen LogP contribution is 2.68. The van der Waals surface area contributed by atoms with Gasteiger partial charge in [0.15, 0.2) is 0 Å². The first-order chi connectivity index (χ1) is 6.29. The maximum atomic E-state index is 11.7. The summed E-state index contributed by atoms with van der Waals surface area (Å²) < 4.78 is 5.53. The van der Waals surface area contributed by atoms with Crippen LogP contribution >= 0.6 is 0 Å². The second-order valence-electron chi connectivity index (χ2n) is 4.89. The van der Waals surface area contributed by atoms with Crippen LogP contribution in [0.2, 0.25) is 0 Å². The van der Waals surface area contributed by atoms with Gasteiger partial charge in [-0.3, -0.25) is 4.79 Å². The van der Waals surface area contributed by atoms with E-state index in [0.29, 0.717) is 29.1 Å². The van der Waals surface area contributed by atoms with Gasteiger partial charge in [-0.1, -0.05) is 0 Å². The first-order valence-corrected chi connectivity index (χ1v) is 5.35. The van der Waals surface area contributed by atoms with Crippen molar-refractivity contribution >= 4 is 5.78 Å². The van der Waals surface area contributed by atoms with E-state index in [-0.39, 0.29) is 0 Å². The van der Waals surface area contributed by atoms with Gasteiger partial charge in [-0.2, -0.15) is 0 Å². The van der Waals surface area contributed by atoms with Gasteiger partial charge < -0.3 is 4.74 Å². The number of methoxy groups -OCH3 is 1. The third-order valence-electron chi connectivity index (χ3n) is 4.61. The van der Waals surface area contributed by atoms with E-state index in [1.165, 1.54) is 19.3 Å². The van der Waals surface area contributed by atoms with Crippen LogP contribution in [0.1, 0.15) is 32.1 Å². The normalized spacial score (nSPS) is 53.0. The molecule has 0 aromatic carbocycles. The van der Waals surface area contributed by atoms with Crippen molar-refractivity contribution in [3.8, 4) is 0 Å². The van der Waals surface area contributed by atoms with Crippen LogP contribution in [0.3, 0.4) is 0 Å². The van der Waals surface area contributed by atoms with Gasteiger partial charge in [-0.25, -0.2) is 0 Å². The molecule has 0 aliphatic heterocycles.